The zero-order valence-corrected chi connectivity index (χ0v) is 8.03. The second kappa shape index (κ2) is 4.06. The number of hydrogen-bond donors (Lipinski definition) is 0. The molecule has 2 rings (SSSR count). The SMILES string of the molecule is N#Cc1ccnc(C2=CCCCC2)c1. The van der Waals surface area contributed by atoms with E-state index in [0.29, 0.717) is 5.56 Å². The van der Waals surface area contributed by atoms with Crippen molar-refractivity contribution in [3.05, 3.63) is 35.7 Å². The molecule has 0 aliphatic heterocycles. The predicted octanol–water partition coefficient (Wildman–Crippen LogP) is 2.91. The van der Waals surface area contributed by atoms with Gasteiger partial charge in [0.2, 0.25) is 0 Å². The van der Waals surface area contributed by atoms with Gasteiger partial charge in [-0.25, -0.2) is 0 Å². The Labute approximate surface area is 83.9 Å². The highest BCUT2D eigenvalue weighted by Crippen LogP contribution is 2.25. The van der Waals surface area contributed by atoms with E-state index in [1.807, 2.05) is 6.07 Å². The lowest BCUT2D eigenvalue weighted by atomic mass is 9.96. The van der Waals surface area contributed by atoms with Crippen LogP contribution in [0, 0.1) is 11.3 Å². The van der Waals surface area contributed by atoms with Gasteiger partial charge in [0.1, 0.15) is 0 Å². The van der Waals surface area contributed by atoms with E-state index in [-0.39, 0.29) is 0 Å². The van der Waals surface area contributed by atoms with Gasteiger partial charge in [-0.1, -0.05) is 6.08 Å². The van der Waals surface area contributed by atoms with Gasteiger partial charge in [0.15, 0.2) is 0 Å². The van der Waals surface area contributed by atoms with Crippen LogP contribution in [-0.4, -0.2) is 4.98 Å². The molecule has 70 valence electrons. The lowest BCUT2D eigenvalue weighted by Crippen LogP contribution is -1.94. The Bertz CT molecular complexity index is 399. The van der Waals surface area contributed by atoms with Crippen LogP contribution >= 0.6 is 0 Å². The van der Waals surface area contributed by atoms with E-state index < -0.39 is 0 Å². The van der Waals surface area contributed by atoms with Gasteiger partial charge in [-0.15, -0.1) is 0 Å². The van der Waals surface area contributed by atoms with Crippen molar-refractivity contribution in [1.82, 2.24) is 4.98 Å². The van der Waals surface area contributed by atoms with Crippen LogP contribution in [0.5, 0.6) is 0 Å². The Balaban J connectivity index is 2.32. The molecule has 0 aromatic carbocycles. The van der Waals surface area contributed by atoms with E-state index in [0.717, 1.165) is 18.5 Å². The summed E-state index contributed by atoms with van der Waals surface area (Å²) in [4.78, 5) is 4.29. The first-order chi connectivity index (χ1) is 6.90. The number of hydrogen-bond acceptors (Lipinski definition) is 2. The molecule has 1 aliphatic carbocycles. The summed E-state index contributed by atoms with van der Waals surface area (Å²) < 4.78 is 0. The minimum Gasteiger partial charge on any atom is -0.257 e. The third-order valence-corrected chi connectivity index (χ3v) is 2.51. The maximum atomic E-state index is 8.76. The number of nitriles is 1. The van der Waals surface area contributed by atoms with Crippen molar-refractivity contribution in [1.29, 1.82) is 5.26 Å². The van der Waals surface area contributed by atoms with Crippen LogP contribution in [0.25, 0.3) is 5.57 Å². The molecule has 0 N–H and O–H groups in total. The maximum Gasteiger partial charge on any atom is 0.0992 e. The Kier molecular flexibility index (Phi) is 2.60. The van der Waals surface area contributed by atoms with Crippen molar-refractivity contribution in [3.8, 4) is 6.07 Å². The predicted molar refractivity (Wildman–Crippen MR) is 55.4 cm³/mol. The number of pyridine rings is 1. The highest BCUT2D eigenvalue weighted by Gasteiger charge is 2.07. The number of allylic oxidation sites excluding steroid dienone is 2. The average Bonchev–Trinajstić information content (AvgIpc) is 2.30. The zero-order valence-electron chi connectivity index (χ0n) is 8.03. The topological polar surface area (TPSA) is 36.7 Å². The van der Waals surface area contributed by atoms with Gasteiger partial charge in [-0.2, -0.15) is 5.26 Å². The third kappa shape index (κ3) is 1.82. The molecule has 0 bridgehead atoms. The molecular formula is C12H12N2. The third-order valence-electron chi connectivity index (χ3n) is 2.51. The van der Waals surface area contributed by atoms with E-state index in [2.05, 4.69) is 17.1 Å². The van der Waals surface area contributed by atoms with E-state index in [1.165, 1.54) is 18.4 Å². The molecule has 1 heterocycles. The van der Waals surface area contributed by atoms with Gasteiger partial charge in [0.25, 0.3) is 0 Å². The standard InChI is InChI=1S/C12H12N2/c13-9-10-6-7-14-12(8-10)11-4-2-1-3-5-11/h4,6-8H,1-3,5H2. The van der Waals surface area contributed by atoms with Crippen molar-refractivity contribution < 1.29 is 0 Å². The largest absolute Gasteiger partial charge is 0.257 e. The molecule has 1 aromatic rings. The number of rotatable bonds is 1. The van der Waals surface area contributed by atoms with Gasteiger partial charge in [0.05, 0.1) is 17.3 Å². The van der Waals surface area contributed by atoms with Crippen molar-refractivity contribution in [3.63, 3.8) is 0 Å². The molecule has 1 aromatic heterocycles. The molecule has 14 heavy (non-hydrogen) atoms. The van der Waals surface area contributed by atoms with Crippen LogP contribution in [0.1, 0.15) is 36.9 Å². The molecular weight excluding hydrogens is 172 g/mol. The van der Waals surface area contributed by atoms with Gasteiger partial charge in [0, 0.05) is 6.20 Å². The summed E-state index contributed by atoms with van der Waals surface area (Å²) in [5.74, 6) is 0. The minimum absolute atomic E-state index is 0.696. The molecule has 0 radical (unpaired) electrons. The van der Waals surface area contributed by atoms with Crippen molar-refractivity contribution in [2.75, 3.05) is 0 Å². The number of nitrogens with zero attached hydrogens (tertiary/aromatic N) is 2. The first-order valence-electron chi connectivity index (χ1n) is 4.96. The first kappa shape index (κ1) is 8.96. The summed E-state index contributed by atoms with van der Waals surface area (Å²) in [6.45, 7) is 0. The molecule has 0 saturated carbocycles. The second-order valence-electron chi connectivity index (χ2n) is 3.52. The summed E-state index contributed by atoms with van der Waals surface area (Å²) in [7, 11) is 0. The van der Waals surface area contributed by atoms with Gasteiger partial charge in [-0.3, -0.25) is 4.98 Å². The maximum absolute atomic E-state index is 8.76. The smallest absolute Gasteiger partial charge is 0.0992 e. The van der Waals surface area contributed by atoms with E-state index in [1.54, 1.807) is 12.3 Å². The second-order valence-corrected chi connectivity index (χ2v) is 3.52. The normalized spacial score (nSPS) is 15.8. The fourth-order valence-electron chi connectivity index (χ4n) is 1.75. The summed E-state index contributed by atoms with van der Waals surface area (Å²) >= 11 is 0. The summed E-state index contributed by atoms with van der Waals surface area (Å²) in [6.07, 6.45) is 8.72. The van der Waals surface area contributed by atoms with Crippen LogP contribution in [0.4, 0.5) is 0 Å². The lowest BCUT2D eigenvalue weighted by molar-refractivity contribution is 0.740. The Morgan fingerprint density at radius 3 is 3.00 bits per heavy atom. The zero-order chi connectivity index (χ0) is 9.80. The molecule has 0 saturated heterocycles. The molecule has 2 nitrogen and oxygen atoms in total. The van der Waals surface area contributed by atoms with Crippen LogP contribution in [0.15, 0.2) is 24.4 Å². The van der Waals surface area contributed by atoms with Crippen LogP contribution in [0.3, 0.4) is 0 Å². The Morgan fingerprint density at radius 1 is 1.36 bits per heavy atom. The summed E-state index contributed by atoms with van der Waals surface area (Å²) in [5, 5.41) is 8.76. The molecule has 2 heteroatoms. The highest BCUT2D eigenvalue weighted by molar-refractivity contribution is 5.64. The van der Waals surface area contributed by atoms with Crippen LogP contribution < -0.4 is 0 Å². The quantitative estimate of drug-likeness (QED) is 0.672. The average molecular weight is 184 g/mol. The fraction of sp³-hybridized carbons (Fsp3) is 0.333. The monoisotopic (exact) mass is 184 g/mol. The van der Waals surface area contributed by atoms with E-state index in [4.69, 9.17) is 5.26 Å². The van der Waals surface area contributed by atoms with Crippen molar-refractivity contribution >= 4 is 5.57 Å². The molecule has 0 spiro atoms. The molecule has 0 fully saturated rings. The van der Waals surface area contributed by atoms with Gasteiger partial charge in [-0.05, 0) is 43.4 Å². The van der Waals surface area contributed by atoms with E-state index in [9.17, 15) is 0 Å². The molecule has 1 aliphatic rings. The Morgan fingerprint density at radius 2 is 2.29 bits per heavy atom. The minimum atomic E-state index is 0.696. The first-order valence-corrected chi connectivity index (χ1v) is 4.96. The Hall–Kier alpha value is -1.62. The fourth-order valence-corrected chi connectivity index (χ4v) is 1.75. The molecule has 0 unspecified atom stereocenters. The van der Waals surface area contributed by atoms with Gasteiger partial charge < -0.3 is 0 Å². The number of aromatic nitrogens is 1. The van der Waals surface area contributed by atoms with Crippen molar-refractivity contribution in [2.24, 2.45) is 0 Å². The van der Waals surface area contributed by atoms with Crippen LogP contribution in [0.2, 0.25) is 0 Å². The van der Waals surface area contributed by atoms with Gasteiger partial charge >= 0.3 is 0 Å². The lowest BCUT2D eigenvalue weighted by Gasteiger charge is -2.11. The summed E-state index contributed by atoms with van der Waals surface area (Å²) in [5.41, 5.74) is 2.97. The van der Waals surface area contributed by atoms with E-state index >= 15 is 0 Å². The van der Waals surface area contributed by atoms with Crippen LogP contribution in [-0.2, 0) is 0 Å². The summed E-state index contributed by atoms with van der Waals surface area (Å²) in [6, 6.07) is 5.75. The van der Waals surface area contributed by atoms with Crippen molar-refractivity contribution in [2.45, 2.75) is 25.7 Å². The molecule has 0 atom stereocenters. The molecule has 0 amide bonds. The highest BCUT2D eigenvalue weighted by atomic mass is 14.7.